The van der Waals surface area contributed by atoms with E-state index in [0.717, 1.165) is 10.6 Å². The molecule has 0 spiro atoms. The largest absolute Gasteiger partial charge is 0.493 e. The molecule has 0 unspecified atom stereocenters. The maximum absolute atomic E-state index is 5.91. The Morgan fingerprint density at radius 3 is 2.38 bits per heavy atom. The predicted molar refractivity (Wildman–Crippen MR) is 109 cm³/mol. The van der Waals surface area contributed by atoms with Gasteiger partial charge < -0.3 is 18.9 Å². The Morgan fingerprint density at radius 2 is 1.66 bits per heavy atom. The van der Waals surface area contributed by atoms with E-state index in [1.54, 1.807) is 18.7 Å². The molecular weight excluding hydrogens is 392 g/mol. The Labute approximate surface area is 171 Å². The number of nitrogens with zero attached hydrogens (tertiary/aromatic N) is 4. The first-order chi connectivity index (χ1) is 14.2. The number of benzene rings is 2. The molecule has 0 atom stereocenters. The molecule has 0 aliphatic carbocycles. The van der Waals surface area contributed by atoms with Gasteiger partial charge in [-0.1, -0.05) is 23.5 Å². The quantitative estimate of drug-likeness (QED) is 0.435. The summed E-state index contributed by atoms with van der Waals surface area (Å²) in [6.07, 6.45) is 0. The zero-order chi connectivity index (χ0) is 20.2. The maximum Gasteiger partial charge on any atom is 0.235 e. The molecule has 2 aromatic carbocycles. The third-order valence-electron chi connectivity index (χ3n) is 4.17. The average Bonchev–Trinajstić information content (AvgIpc) is 3.33. The molecule has 0 amide bonds. The smallest absolute Gasteiger partial charge is 0.235 e. The van der Waals surface area contributed by atoms with Crippen LogP contribution in [0.15, 0.2) is 42.5 Å². The molecular formula is C20H20N4O4S. The topological polar surface area (TPSA) is 80.0 Å². The number of hydrogen-bond acceptors (Lipinski definition) is 8. The average molecular weight is 412 g/mol. The Kier molecular flexibility index (Phi) is 5.48. The molecule has 8 nitrogen and oxygen atoms in total. The van der Waals surface area contributed by atoms with E-state index in [2.05, 4.69) is 15.3 Å². The standard InChI is InChI=1S/C20H20N4O4S/c1-4-27-15-7-5-6-8-16(15)28-12-18-23-24-19(21-22-20(24)29-18)13-9-10-14(25-2)17(11-13)26-3/h5-11H,4,12H2,1-3H3. The predicted octanol–water partition coefficient (Wildman–Crippen LogP) is 3.85. The van der Waals surface area contributed by atoms with Crippen molar-refractivity contribution >= 4 is 16.3 Å². The summed E-state index contributed by atoms with van der Waals surface area (Å²) in [6.45, 7) is 2.82. The fraction of sp³-hybridized carbons (Fsp3) is 0.250. The van der Waals surface area contributed by atoms with Crippen LogP contribution in [0.3, 0.4) is 0 Å². The molecule has 0 saturated carbocycles. The fourth-order valence-electron chi connectivity index (χ4n) is 2.85. The minimum atomic E-state index is 0.309. The van der Waals surface area contributed by atoms with Gasteiger partial charge in [-0.2, -0.15) is 9.61 Å². The van der Waals surface area contributed by atoms with Crippen LogP contribution in [0.1, 0.15) is 11.9 Å². The molecule has 0 saturated heterocycles. The van der Waals surface area contributed by atoms with Crippen molar-refractivity contribution in [2.45, 2.75) is 13.5 Å². The van der Waals surface area contributed by atoms with Gasteiger partial charge in [-0.3, -0.25) is 0 Å². The lowest BCUT2D eigenvalue weighted by molar-refractivity contribution is 0.268. The van der Waals surface area contributed by atoms with E-state index >= 15 is 0 Å². The molecule has 150 valence electrons. The number of para-hydroxylation sites is 2. The number of fused-ring (bicyclic) bond motifs is 1. The lowest BCUT2D eigenvalue weighted by Gasteiger charge is -2.10. The van der Waals surface area contributed by atoms with Crippen molar-refractivity contribution in [2.24, 2.45) is 0 Å². The van der Waals surface area contributed by atoms with Crippen molar-refractivity contribution in [1.82, 2.24) is 19.8 Å². The van der Waals surface area contributed by atoms with Crippen LogP contribution in [-0.2, 0) is 6.61 Å². The molecule has 29 heavy (non-hydrogen) atoms. The van der Waals surface area contributed by atoms with E-state index in [0.29, 0.717) is 47.0 Å². The molecule has 4 rings (SSSR count). The number of hydrogen-bond donors (Lipinski definition) is 0. The summed E-state index contributed by atoms with van der Waals surface area (Å²) in [7, 11) is 3.20. The molecule has 2 heterocycles. The fourth-order valence-corrected chi connectivity index (χ4v) is 3.60. The molecule has 0 aliphatic rings. The van der Waals surface area contributed by atoms with Gasteiger partial charge in [-0.25, -0.2) is 0 Å². The third kappa shape index (κ3) is 3.81. The molecule has 0 bridgehead atoms. The lowest BCUT2D eigenvalue weighted by Crippen LogP contribution is -2.00. The zero-order valence-corrected chi connectivity index (χ0v) is 17.1. The van der Waals surface area contributed by atoms with E-state index < -0.39 is 0 Å². The van der Waals surface area contributed by atoms with Crippen LogP contribution in [0.2, 0.25) is 0 Å². The van der Waals surface area contributed by atoms with Crippen LogP contribution in [0.5, 0.6) is 23.0 Å². The molecule has 4 aromatic rings. The second-order valence-electron chi connectivity index (χ2n) is 5.95. The highest BCUT2D eigenvalue weighted by molar-refractivity contribution is 7.16. The van der Waals surface area contributed by atoms with Gasteiger partial charge in [-0.15, -0.1) is 10.2 Å². The Hall–Kier alpha value is -3.33. The minimum absolute atomic E-state index is 0.309. The zero-order valence-electron chi connectivity index (χ0n) is 16.3. The van der Waals surface area contributed by atoms with Crippen LogP contribution in [0.4, 0.5) is 0 Å². The van der Waals surface area contributed by atoms with E-state index in [-0.39, 0.29) is 0 Å². The van der Waals surface area contributed by atoms with E-state index in [4.69, 9.17) is 18.9 Å². The highest BCUT2D eigenvalue weighted by Crippen LogP contribution is 2.32. The van der Waals surface area contributed by atoms with Crippen molar-refractivity contribution < 1.29 is 18.9 Å². The highest BCUT2D eigenvalue weighted by atomic mass is 32.1. The summed E-state index contributed by atoms with van der Waals surface area (Å²) in [5.74, 6) is 3.29. The molecule has 2 aromatic heterocycles. The van der Waals surface area contributed by atoms with Crippen molar-refractivity contribution in [3.63, 3.8) is 0 Å². The van der Waals surface area contributed by atoms with Crippen LogP contribution in [0, 0.1) is 0 Å². The summed E-state index contributed by atoms with van der Waals surface area (Å²) in [5, 5.41) is 13.9. The van der Waals surface area contributed by atoms with Gasteiger partial charge in [0.05, 0.1) is 20.8 Å². The SMILES string of the molecule is CCOc1ccccc1OCc1nn2c(-c3ccc(OC)c(OC)c3)nnc2s1. The van der Waals surface area contributed by atoms with Gasteiger partial charge in [0.25, 0.3) is 0 Å². The number of methoxy groups -OCH3 is 2. The van der Waals surface area contributed by atoms with Gasteiger partial charge in [0.1, 0.15) is 6.61 Å². The van der Waals surface area contributed by atoms with E-state index in [9.17, 15) is 0 Å². The third-order valence-corrected chi connectivity index (χ3v) is 5.05. The minimum Gasteiger partial charge on any atom is -0.493 e. The van der Waals surface area contributed by atoms with Crippen LogP contribution in [-0.4, -0.2) is 40.6 Å². The van der Waals surface area contributed by atoms with Crippen LogP contribution >= 0.6 is 11.3 Å². The van der Waals surface area contributed by atoms with Crippen LogP contribution in [0.25, 0.3) is 16.3 Å². The number of rotatable bonds is 8. The Balaban J connectivity index is 1.58. The number of aromatic nitrogens is 4. The number of ether oxygens (including phenoxy) is 4. The van der Waals surface area contributed by atoms with Gasteiger partial charge in [-0.05, 0) is 37.3 Å². The first-order valence-electron chi connectivity index (χ1n) is 9.01. The van der Waals surface area contributed by atoms with E-state index in [1.807, 2.05) is 49.4 Å². The molecule has 0 N–H and O–H groups in total. The molecule has 0 radical (unpaired) electrons. The molecule has 0 fully saturated rings. The van der Waals surface area contributed by atoms with Crippen molar-refractivity contribution in [2.75, 3.05) is 20.8 Å². The first-order valence-corrected chi connectivity index (χ1v) is 9.83. The molecule has 0 aliphatic heterocycles. The van der Waals surface area contributed by atoms with E-state index in [1.165, 1.54) is 11.3 Å². The summed E-state index contributed by atoms with van der Waals surface area (Å²) < 4.78 is 23.9. The highest BCUT2D eigenvalue weighted by Gasteiger charge is 2.16. The molecule has 9 heteroatoms. The summed E-state index contributed by atoms with van der Waals surface area (Å²) in [5.41, 5.74) is 0.828. The normalized spacial score (nSPS) is 10.9. The van der Waals surface area contributed by atoms with Crippen molar-refractivity contribution in [3.05, 3.63) is 47.5 Å². The van der Waals surface area contributed by atoms with Gasteiger partial charge >= 0.3 is 0 Å². The first kappa shape index (κ1) is 19.0. The Bertz CT molecular complexity index is 1120. The summed E-state index contributed by atoms with van der Waals surface area (Å²) >= 11 is 1.43. The summed E-state index contributed by atoms with van der Waals surface area (Å²) in [6, 6.07) is 13.2. The van der Waals surface area contributed by atoms with Crippen molar-refractivity contribution in [1.29, 1.82) is 0 Å². The second kappa shape index (κ2) is 8.36. The van der Waals surface area contributed by atoms with Gasteiger partial charge in [0.2, 0.25) is 4.96 Å². The maximum atomic E-state index is 5.91. The van der Waals surface area contributed by atoms with Crippen LogP contribution < -0.4 is 18.9 Å². The lowest BCUT2D eigenvalue weighted by atomic mass is 10.2. The van der Waals surface area contributed by atoms with Gasteiger partial charge in [0, 0.05) is 5.56 Å². The monoisotopic (exact) mass is 412 g/mol. The Morgan fingerprint density at radius 1 is 0.897 bits per heavy atom. The van der Waals surface area contributed by atoms with Gasteiger partial charge in [0.15, 0.2) is 33.8 Å². The van der Waals surface area contributed by atoms with Crippen molar-refractivity contribution in [3.8, 4) is 34.4 Å². The second-order valence-corrected chi connectivity index (χ2v) is 6.99. The summed E-state index contributed by atoms with van der Waals surface area (Å²) in [4.78, 5) is 0.687.